The molecule has 0 aromatic heterocycles. The van der Waals surface area contributed by atoms with Crippen molar-refractivity contribution in [2.45, 2.75) is 31.2 Å². The van der Waals surface area contributed by atoms with E-state index in [2.05, 4.69) is 0 Å². The van der Waals surface area contributed by atoms with Gasteiger partial charge in [-0.3, -0.25) is 4.90 Å². The maximum atomic E-state index is 13.1. The second-order valence-corrected chi connectivity index (χ2v) is 11.7. The largest absolute Gasteiger partial charge is 0.497 e. The van der Waals surface area contributed by atoms with Gasteiger partial charge in [0, 0.05) is 40.3 Å². The summed E-state index contributed by atoms with van der Waals surface area (Å²) < 4.78 is 44.8. The number of nitrogens with zero attached hydrogens (tertiary/aromatic N) is 3. The average molecular weight is 534 g/mol. The first-order chi connectivity index (χ1) is 17.6. The number of ether oxygens (including phenoxy) is 3. The second-order valence-electron chi connectivity index (χ2n) is 9.54. The quantitative estimate of drug-likeness (QED) is 0.470. The summed E-state index contributed by atoms with van der Waals surface area (Å²) in [5.74, 6) is 0.860. The summed E-state index contributed by atoms with van der Waals surface area (Å²) in [6.45, 7) is 3.30. The van der Waals surface area contributed by atoms with Crippen LogP contribution in [0.2, 0.25) is 0 Å². The molecule has 202 valence electrons. The monoisotopic (exact) mass is 533 g/mol. The van der Waals surface area contributed by atoms with Gasteiger partial charge >= 0.3 is 5.97 Å². The van der Waals surface area contributed by atoms with Gasteiger partial charge in [0.2, 0.25) is 6.79 Å². The molecule has 2 aliphatic heterocycles. The molecule has 1 N–H and O–H groups in total. The highest BCUT2D eigenvalue weighted by Crippen LogP contribution is 2.47. The fourth-order valence-corrected chi connectivity index (χ4v) is 6.40. The van der Waals surface area contributed by atoms with Crippen LogP contribution in [-0.4, -0.2) is 87.2 Å². The molecular formula is C26H35N3O7S. The van der Waals surface area contributed by atoms with Gasteiger partial charge in [0.05, 0.1) is 7.11 Å². The Morgan fingerprint density at radius 2 is 1.84 bits per heavy atom. The van der Waals surface area contributed by atoms with Crippen molar-refractivity contribution in [3.05, 3.63) is 53.6 Å². The molecule has 2 aromatic rings. The molecular weight excluding hydrogens is 498 g/mol. The summed E-state index contributed by atoms with van der Waals surface area (Å²) in [5.41, 5.74) is 0.242. The molecule has 0 amide bonds. The predicted molar refractivity (Wildman–Crippen MR) is 138 cm³/mol. The minimum atomic E-state index is -3.65. The molecule has 0 radical (unpaired) electrons. The van der Waals surface area contributed by atoms with Gasteiger partial charge in [0.15, 0.2) is 11.5 Å². The van der Waals surface area contributed by atoms with Crippen LogP contribution in [0.15, 0.2) is 42.5 Å². The Bertz CT molecular complexity index is 1220. The van der Waals surface area contributed by atoms with E-state index in [1.165, 1.54) is 22.7 Å². The molecule has 1 fully saturated rings. The van der Waals surface area contributed by atoms with E-state index in [4.69, 9.17) is 14.2 Å². The van der Waals surface area contributed by atoms with Crippen molar-refractivity contribution >= 4 is 16.2 Å². The molecule has 1 saturated heterocycles. The van der Waals surface area contributed by atoms with E-state index in [0.29, 0.717) is 48.7 Å². The van der Waals surface area contributed by atoms with Crippen molar-refractivity contribution in [1.82, 2.24) is 13.5 Å². The van der Waals surface area contributed by atoms with Gasteiger partial charge in [-0.15, -0.1) is 0 Å². The van der Waals surface area contributed by atoms with Crippen LogP contribution in [0.3, 0.4) is 0 Å². The van der Waals surface area contributed by atoms with Gasteiger partial charge in [-0.1, -0.05) is 25.1 Å². The van der Waals surface area contributed by atoms with Crippen LogP contribution in [0.1, 0.15) is 36.8 Å². The maximum absolute atomic E-state index is 13.1. The fourth-order valence-electron chi connectivity index (χ4n) is 5.21. The van der Waals surface area contributed by atoms with Crippen LogP contribution in [0, 0.1) is 0 Å². The summed E-state index contributed by atoms with van der Waals surface area (Å²) in [6.07, 6.45) is 0.970. The number of fused-ring (bicyclic) bond motifs is 1. The van der Waals surface area contributed by atoms with Crippen LogP contribution < -0.4 is 14.2 Å². The fraction of sp³-hybridized carbons (Fsp3) is 0.500. The van der Waals surface area contributed by atoms with Crippen molar-refractivity contribution in [2.75, 3.05) is 54.2 Å². The second kappa shape index (κ2) is 10.9. The highest BCUT2D eigenvalue weighted by molar-refractivity contribution is 7.86. The Morgan fingerprint density at radius 3 is 2.46 bits per heavy atom. The smallest absolute Gasteiger partial charge is 0.328 e. The average Bonchev–Trinajstić information content (AvgIpc) is 3.51. The lowest BCUT2D eigenvalue weighted by Gasteiger charge is -2.36. The summed E-state index contributed by atoms with van der Waals surface area (Å²) in [7, 11) is 0.916. The van der Waals surface area contributed by atoms with Gasteiger partial charge < -0.3 is 19.3 Å². The minimum absolute atomic E-state index is 0.113. The molecule has 0 bridgehead atoms. The lowest BCUT2D eigenvalue weighted by molar-refractivity contribution is -0.150. The zero-order chi connectivity index (χ0) is 26.8. The van der Waals surface area contributed by atoms with Crippen molar-refractivity contribution in [1.29, 1.82) is 0 Å². The topological polar surface area (TPSA) is 109 Å². The van der Waals surface area contributed by atoms with Gasteiger partial charge in [0.1, 0.15) is 11.3 Å². The van der Waals surface area contributed by atoms with E-state index < -0.39 is 21.7 Å². The SMILES string of the molecule is CCCN(CCN1CC(c2ccc3c(c2)OCO3)CC1(C(=O)O)c1ccc(OC)cc1)S(=O)(=O)N(C)C. The first-order valence-electron chi connectivity index (χ1n) is 12.3. The normalized spacial score (nSPS) is 21.6. The lowest BCUT2D eigenvalue weighted by Crippen LogP contribution is -2.51. The van der Waals surface area contributed by atoms with E-state index in [1.807, 2.05) is 30.0 Å². The molecule has 2 heterocycles. The Labute approximate surface area is 218 Å². The highest BCUT2D eigenvalue weighted by atomic mass is 32.2. The lowest BCUT2D eigenvalue weighted by atomic mass is 9.83. The van der Waals surface area contributed by atoms with Crippen LogP contribution in [0.25, 0.3) is 0 Å². The van der Waals surface area contributed by atoms with Gasteiger partial charge in [-0.2, -0.15) is 17.0 Å². The molecule has 37 heavy (non-hydrogen) atoms. The Hall–Kier alpha value is -2.86. The zero-order valence-electron chi connectivity index (χ0n) is 21.7. The molecule has 0 spiro atoms. The summed E-state index contributed by atoms with van der Waals surface area (Å²) in [6, 6.07) is 12.8. The van der Waals surface area contributed by atoms with Crippen molar-refractivity contribution in [3.63, 3.8) is 0 Å². The number of carboxylic acid groups (broad SMARTS) is 1. The summed E-state index contributed by atoms with van der Waals surface area (Å²) in [4.78, 5) is 15.0. The van der Waals surface area contributed by atoms with E-state index in [0.717, 1.165) is 5.56 Å². The van der Waals surface area contributed by atoms with Crippen molar-refractivity contribution in [2.24, 2.45) is 0 Å². The molecule has 11 heteroatoms. The molecule has 0 aliphatic carbocycles. The molecule has 10 nitrogen and oxygen atoms in total. The van der Waals surface area contributed by atoms with Crippen LogP contribution >= 0.6 is 0 Å². The van der Waals surface area contributed by atoms with Crippen LogP contribution in [-0.2, 0) is 20.5 Å². The number of methoxy groups -OCH3 is 1. The first kappa shape index (κ1) is 27.2. The number of carboxylic acids is 1. The number of likely N-dealkylation sites (tertiary alicyclic amines) is 1. The molecule has 2 aliphatic rings. The van der Waals surface area contributed by atoms with Crippen molar-refractivity contribution in [3.8, 4) is 17.2 Å². The summed E-state index contributed by atoms with van der Waals surface area (Å²) >= 11 is 0. The first-order valence-corrected chi connectivity index (χ1v) is 13.7. The molecule has 0 saturated carbocycles. The standard InChI is InChI=1S/C26H35N3O7S/c1-5-12-29(37(32,33)27(2)3)14-13-28-17-20(19-6-11-23-24(15-19)36-18-35-23)16-26(28,25(30)31)21-7-9-22(34-4)10-8-21/h6-11,15,20H,5,12-14,16-18H2,1-4H3,(H,30,31). The number of aliphatic carboxylic acids is 1. The van der Waals surface area contributed by atoms with Gasteiger partial charge in [-0.05, 0) is 54.2 Å². The maximum Gasteiger partial charge on any atom is 0.328 e. The van der Waals surface area contributed by atoms with Gasteiger partial charge in [0.25, 0.3) is 10.2 Å². The zero-order valence-corrected chi connectivity index (χ0v) is 22.5. The van der Waals surface area contributed by atoms with Crippen LogP contribution in [0.5, 0.6) is 17.2 Å². The van der Waals surface area contributed by atoms with E-state index in [9.17, 15) is 18.3 Å². The molecule has 2 unspecified atom stereocenters. The van der Waals surface area contributed by atoms with E-state index >= 15 is 0 Å². The van der Waals surface area contributed by atoms with Crippen LogP contribution in [0.4, 0.5) is 0 Å². The van der Waals surface area contributed by atoms with Gasteiger partial charge in [-0.25, -0.2) is 4.79 Å². The van der Waals surface area contributed by atoms with E-state index in [1.54, 1.807) is 31.4 Å². The molecule has 4 rings (SSSR count). The predicted octanol–water partition coefficient (Wildman–Crippen LogP) is 2.71. The minimum Gasteiger partial charge on any atom is -0.497 e. The molecule has 2 atom stereocenters. The van der Waals surface area contributed by atoms with Crippen molar-refractivity contribution < 1.29 is 32.5 Å². The third-order valence-electron chi connectivity index (χ3n) is 7.19. The number of carbonyl (C=O) groups is 1. The Morgan fingerprint density at radius 1 is 1.14 bits per heavy atom. The highest BCUT2D eigenvalue weighted by Gasteiger charge is 2.53. The molecule has 2 aromatic carbocycles. The number of benzene rings is 2. The third-order valence-corrected chi connectivity index (χ3v) is 9.13. The Balaban J connectivity index is 1.71. The number of hydrogen-bond acceptors (Lipinski definition) is 7. The van der Waals surface area contributed by atoms with E-state index in [-0.39, 0.29) is 25.8 Å². The Kier molecular flexibility index (Phi) is 7.98. The number of rotatable bonds is 11. The number of hydrogen-bond donors (Lipinski definition) is 1. The third kappa shape index (κ3) is 5.13. The summed E-state index contributed by atoms with van der Waals surface area (Å²) in [5, 5.41) is 10.7.